The minimum atomic E-state index is -0.574. The summed E-state index contributed by atoms with van der Waals surface area (Å²) in [5.74, 6) is -0.167. The first kappa shape index (κ1) is 20.6. The standard InChI is InChI=1S/C25H21FN2O3/c1-15-6-4-5-7-20(15)21-9-8-17(11-19(21)14-30-3)25-27-24(28-31-25)22-10-16(2)18(13-29)12-23(22)26/h4-13H,14H2,1-3H3. The van der Waals surface area contributed by atoms with Gasteiger partial charge in [0.05, 0.1) is 12.2 Å². The fourth-order valence-electron chi connectivity index (χ4n) is 3.58. The maximum Gasteiger partial charge on any atom is 0.258 e. The van der Waals surface area contributed by atoms with Crippen molar-refractivity contribution < 1.29 is 18.4 Å². The predicted octanol–water partition coefficient (Wildman–Crippen LogP) is 5.79. The summed E-state index contributed by atoms with van der Waals surface area (Å²) in [6.07, 6.45) is 0.622. The van der Waals surface area contributed by atoms with Gasteiger partial charge in [0.1, 0.15) is 12.1 Å². The lowest BCUT2D eigenvalue weighted by atomic mass is 9.94. The van der Waals surface area contributed by atoms with Crippen LogP contribution in [0.1, 0.15) is 27.0 Å². The van der Waals surface area contributed by atoms with Crippen LogP contribution in [0.2, 0.25) is 0 Å². The quantitative estimate of drug-likeness (QED) is 0.373. The molecule has 0 fully saturated rings. The number of rotatable bonds is 6. The van der Waals surface area contributed by atoms with E-state index in [-0.39, 0.29) is 17.3 Å². The molecule has 0 atom stereocenters. The molecule has 1 aromatic heterocycles. The molecule has 0 bridgehead atoms. The molecule has 0 saturated carbocycles. The van der Waals surface area contributed by atoms with E-state index in [2.05, 4.69) is 29.2 Å². The summed E-state index contributed by atoms with van der Waals surface area (Å²) in [6.45, 7) is 4.21. The van der Waals surface area contributed by atoms with Crippen LogP contribution in [0.4, 0.5) is 4.39 Å². The number of halogens is 1. The highest BCUT2D eigenvalue weighted by atomic mass is 19.1. The van der Waals surface area contributed by atoms with Crippen LogP contribution in [-0.4, -0.2) is 23.5 Å². The predicted molar refractivity (Wildman–Crippen MR) is 116 cm³/mol. The highest BCUT2D eigenvalue weighted by Crippen LogP contribution is 2.32. The summed E-state index contributed by atoms with van der Waals surface area (Å²) in [6, 6.07) is 16.7. The number of benzene rings is 3. The number of carbonyl (C=O) groups is 1. The zero-order valence-electron chi connectivity index (χ0n) is 17.5. The fraction of sp³-hybridized carbons (Fsp3) is 0.160. The van der Waals surface area contributed by atoms with E-state index >= 15 is 0 Å². The third kappa shape index (κ3) is 4.02. The number of aromatic nitrogens is 2. The number of nitrogens with zero attached hydrogens (tertiary/aromatic N) is 2. The van der Waals surface area contributed by atoms with E-state index in [0.29, 0.717) is 29.6 Å². The molecule has 6 heteroatoms. The van der Waals surface area contributed by atoms with Gasteiger partial charge in [-0.25, -0.2) is 4.39 Å². The van der Waals surface area contributed by atoms with Crippen molar-refractivity contribution in [1.29, 1.82) is 0 Å². The molecular formula is C25H21FN2O3. The maximum atomic E-state index is 14.5. The van der Waals surface area contributed by atoms with Crippen molar-refractivity contribution in [2.45, 2.75) is 20.5 Å². The zero-order valence-corrected chi connectivity index (χ0v) is 17.5. The normalized spacial score (nSPS) is 11.0. The van der Waals surface area contributed by atoms with Crippen LogP contribution in [0.15, 0.2) is 59.1 Å². The third-order valence-electron chi connectivity index (χ3n) is 5.24. The van der Waals surface area contributed by atoms with Crippen molar-refractivity contribution in [3.63, 3.8) is 0 Å². The first-order valence-electron chi connectivity index (χ1n) is 9.79. The number of hydrogen-bond donors (Lipinski definition) is 0. The number of ether oxygens (including phenoxy) is 1. The molecule has 31 heavy (non-hydrogen) atoms. The second-order valence-corrected chi connectivity index (χ2v) is 7.35. The summed E-state index contributed by atoms with van der Waals surface area (Å²) in [5.41, 5.74) is 6.17. The van der Waals surface area contributed by atoms with Crippen molar-refractivity contribution >= 4 is 6.29 Å². The molecule has 1 heterocycles. The summed E-state index contributed by atoms with van der Waals surface area (Å²) in [7, 11) is 1.65. The molecule has 0 aliphatic carbocycles. The molecule has 0 radical (unpaired) electrons. The van der Waals surface area contributed by atoms with Gasteiger partial charge in [0.2, 0.25) is 5.82 Å². The Hall–Kier alpha value is -3.64. The Morgan fingerprint density at radius 3 is 2.55 bits per heavy atom. The Morgan fingerprint density at radius 2 is 1.81 bits per heavy atom. The molecule has 0 aliphatic rings. The Morgan fingerprint density at radius 1 is 1.00 bits per heavy atom. The monoisotopic (exact) mass is 416 g/mol. The van der Waals surface area contributed by atoms with Gasteiger partial charge in [0.15, 0.2) is 0 Å². The van der Waals surface area contributed by atoms with Crippen LogP contribution >= 0.6 is 0 Å². The second-order valence-electron chi connectivity index (χ2n) is 7.35. The summed E-state index contributed by atoms with van der Waals surface area (Å²) < 4.78 is 25.3. The maximum absolute atomic E-state index is 14.5. The van der Waals surface area contributed by atoms with Crippen LogP contribution in [0.3, 0.4) is 0 Å². The summed E-state index contributed by atoms with van der Waals surface area (Å²) in [5, 5.41) is 3.94. The average Bonchev–Trinajstić information content (AvgIpc) is 3.26. The van der Waals surface area contributed by atoms with Gasteiger partial charge < -0.3 is 9.26 Å². The lowest BCUT2D eigenvalue weighted by molar-refractivity contribution is 0.112. The molecular weight excluding hydrogens is 395 g/mol. The molecule has 0 N–H and O–H groups in total. The van der Waals surface area contributed by atoms with Crippen molar-refractivity contribution in [1.82, 2.24) is 10.1 Å². The third-order valence-corrected chi connectivity index (χ3v) is 5.24. The summed E-state index contributed by atoms with van der Waals surface area (Å²) >= 11 is 0. The van der Waals surface area contributed by atoms with E-state index in [0.717, 1.165) is 22.3 Å². The lowest BCUT2D eigenvalue weighted by Crippen LogP contribution is -1.95. The minimum Gasteiger partial charge on any atom is -0.380 e. The van der Waals surface area contributed by atoms with Crippen molar-refractivity contribution in [3.05, 3.63) is 82.7 Å². The van der Waals surface area contributed by atoms with Gasteiger partial charge in [0, 0.05) is 18.2 Å². The Bertz CT molecular complexity index is 1260. The van der Waals surface area contributed by atoms with Gasteiger partial charge in [-0.2, -0.15) is 4.98 Å². The molecule has 3 aromatic carbocycles. The molecule has 5 nitrogen and oxygen atoms in total. The van der Waals surface area contributed by atoms with E-state index in [9.17, 15) is 9.18 Å². The van der Waals surface area contributed by atoms with Crippen LogP contribution in [0.25, 0.3) is 34.0 Å². The van der Waals surface area contributed by atoms with E-state index in [1.54, 1.807) is 20.1 Å². The molecule has 0 aliphatic heterocycles. The Kier molecular flexibility index (Phi) is 5.73. The van der Waals surface area contributed by atoms with Crippen LogP contribution in [-0.2, 0) is 11.3 Å². The number of aryl methyl sites for hydroxylation is 2. The van der Waals surface area contributed by atoms with Crippen molar-refractivity contribution in [3.8, 4) is 34.0 Å². The van der Waals surface area contributed by atoms with E-state index < -0.39 is 5.82 Å². The van der Waals surface area contributed by atoms with Crippen LogP contribution in [0.5, 0.6) is 0 Å². The highest BCUT2D eigenvalue weighted by Gasteiger charge is 2.17. The smallest absolute Gasteiger partial charge is 0.258 e. The first-order chi connectivity index (χ1) is 15.0. The van der Waals surface area contributed by atoms with Gasteiger partial charge in [-0.05, 0) is 65.9 Å². The topological polar surface area (TPSA) is 65.2 Å². The zero-order chi connectivity index (χ0) is 22.0. The Balaban J connectivity index is 1.74. The second kappa shape index (κ2) is 8.62. The molecule has 0 unspecified atom stereocenters. The molecule has 0 saturated heterocycles. The van der Waals surface area contributed by atoms with Gasteiger partial charge in [-0.3, -0.25) is 4.79 Å². The van der Waals surface area contributed by atoms with Crippen molar-refractivity contribution in [2.24, 2.45) is 0 Å². The molecule has 156 valence electrons. The molecule has 4 aromatic rings. The average molecular weight is 416 g/mol. The Labute approximate surface area is 179 Å². The highest BCUT2D eigenvalue weighted by molar-refractivity contribution is 5.79. The fourth-order valence-corrected chi connectivity index (χ4v) is 3.58. The summed E-state index contributed by atoms with van der Waals surface area (Å²) in [4.78, 5) is 15.4. The number of aldehydes is 1. The number of hydrogen-bond acceptors (Lipinski definition) is 5. The molecule has 0 spiro atoms. The van der Waals surface area contributed by atoms with Crippen LogP contribution in [0, 0.1) is 19.7 Å². The van der Waals surface area contributed by atoms with E-state index in [1.165, 1.54) is 6.07 Å². The number of carbonyl (C=O) groups excluding carboxylic acids is 1. The van der Waals surface area contributed by atoms with Gasteiger partial charge in [-0.1, -0.05) is 35.5 Å². The van der Waals surface area contributed by atoms with Crippen molar-refractivity contribution in [2.75, 3.05) is 7.11 Å². The largest absolute Gasteiger partial charge is 0.380 e. The SMILES string of the molecule is COCc1cc(-c2nc(-c3cc(C)c(C=O)cc3F)no2)ccc1-c1ccccc1C. The lowest BCUT2D eigenvalue weighted by Gasteiger charge is -2.12. The van der Waals surface area contributed by atoms with Gasteiger partial charge in [0.25, 0.3) is 5.89 Å². The first-order valence-corrected chi connectivity index (χ1v) is 9.79. The van der Waals surface area contributed by atoms with E-state index in [1.807, 2.05) is 30.3 Å². The van der Waals surface area contributed by atoms with E-state index in [4.69, 9.17) is 9.26 Å². The van der Waals surface area contributed by atoms with Gasteiger partial charge in [-0.15, -0.1) is 0 Å². The molecule has 0 amide bonds. The van der Waals surface area contributed by atoms with Gasteiger partial charge >= 0.3 is 0 Å². The minimum absolute atomic E-state index is 0.129. The molecule has 4 rings (SSSR count). The number of methoxy groups -OCH3 is 1. The van der Waals surface area contributed by atoms with Crippen LogP contribution < -0.4 is 0 Å².